The normalized spacial score (nSPS) is 26.7. The second kappa shape index (κ2) is 9.14. The third kappa shape index (κ3) is 6.38. The Morgan fingerprint density at radius 3 is 1.97 bits per heavy atom. The fraction of sp³-hybridized carbons (Fsp3) is 0.684. The lowest BCUT2D eigenvalue weighted by atomic mass is 9.97. The fourth-order valence-corrected chi connectivity index (χ4v) is 4.32. The molecule has 2 aliphatic rings. The summed E-state index contributed by atoms with van der Waals surface area (Å²) >= 11 is 0. The van der Waals surface area contributed by atoms with Crippen molar-refractivity contribution in [2.24, 2.45) is 0 Å². The Balaban J connectivity index is 1.89. The molecule has 0 N–H and O–H groups in total. The predicted molar refractivity (Wildman–Crippen MR) is 111 cm³/mol. The van der Waals surface area contributed by atoms with Gasteiger partial charge in [0.05, 0.1) is 26.2 Å². The Labute approximate surface area is 188 Å². The summed E-state index contributed by atoms with van der Waals surface area (Å²) in [5.41, 5.74) is -0.848. The van der Waals surface area contributed by atoms with E-state index >= 15 is 0 Å². The standard InChI is InChI=1S/C19H28O11S2/c1-18(2)28-15-16(25-10-13-6-8-14(24-3)9-7-13)19(30-17(15)29-18,11-26-31(4,20)21)12-27-32(5,22)23/h6-9,15-17H,10-12H2,1-5H3/t15-,16+,17+/m1/s1. The molecule has 2 saturated heterocycles. The largest absolute Gasteiger partial charge is 0.497 e. The monoisotopic (exact) mass is 496 g/mol. The lowest BCUT2D eigenvalue weighted by Crippen LogP contribution is -2.53. The summed E-state index contributed by atoms with van der Waals surface area (Å²) in [5, 5.41) is 0. The van der Waals surface area contributed by atoms with E-state index in [9.17, 15) is 16.8 Å². The van der Waals surface area contributed by atoms with Crippen LogP contribution in [0.5, 0.6) is 5.75 Å². The van der Waals surface area contributed by atoms with Crippen molar-refractivity contribution < 1.29 is 48.9 Å². The third-order valence-corrected chi connectivity index (χ3v) is 5.97. The second-order valence-electron chi connectivity index (χ2n) is 8.16. The molecule has 0 saturated carbocycles. The molecule has 0 amide bonds. The van der Waals surface area contributed by atoms with Gasteiger partial charge in [-0.3, -0.25) is 8.37 Å². The molecule has 2 heterocycles. The molecule has 32 heavy (non-hydrogen) atoms. The molecule has 3 atom stereocenters. The van der Waals surface area contributed by atoms with E-state index in [1.807, 2.05) is 0 Å². The third-order valence-electron chi connectivity index (χ3n) is 4.88. The molecule has 2 fully saturated rings. The van der Waals surface area contributed by atoms with Crippen molar-refractivity contribution in [3.05, 3.63) is 29.8 Å². The molecule has 0 aromatic heterocycles. The molecule has 3 rings (SSSR count). The topological polar surface area (TPSA) is 133 Å². The number of fused-ring (bicyclic) bond motifs is 1. The van der Waals surface area contributed by atoms with Crippen molar-refractivity contribution in [3.63, 3.8) is 0 Å². The molecule has 11 nitrogen and oxygen atoms in total. The van der Waals surface area contributed by atoms with Gasteiger partial charge in [0.2, 0.25) is 0 Å². The predicted octanol–water partition coefficient (Wildman–Crippen LogP) is 0.779. The van der Waals surface area contributed by atoms with Crippen LogP contribution >= 0.6 is 0 Å². The van der Waals surface area contributed by atoms with Gasteiger partial charge >= 0.3 is 0 Å². The van der Waals surface area contributed by atoms with Crippen LogP contribution in [0, 0.1) is 0 Å². The average Bonchev–Trinajstić information content (AvgIpc) is 3.11. The van der Waals surface area contributed by atoms with E-state index in [1.165, 1.54) is 0 Å². The molecular formula is C19H28O11S2. The van der Waals surface area contributed by atoms with Gasteiger partial charge in [0, 0.05) is 0 Å². The van der Waals surface area contributed by atoms with Crippen LogP contribution in [0.2, 0.25) is 0 Å². The highest BCUT2D eigenvalue weighted by molar-refractivity contribution is 7.86. The number of hydrogen-bond donors (Lipinski definition) is 0. The van der Waals surface area contributed by atoms with Crippen LogP contribution in [-0.2, 0) is 54.2 Å². The Hall–Kier alpha value is -1.32. The first kappa shape index (κ1) is 25.3. The van der Waals surface area contributed by atoms with Crippen LogP contribution in [-0.4, -0.2) is 79.6 Å². The molecule has 1 aromatic rings. The molecular weight excluding hydrogens is 468 g/mol. The minimum absolute atomic E-state index is 0.0878. The first-order valence-corrected chi connectivity index (χ1v) is 13.3. The highest BCUT2D eigenvalue weighted by Crippen LogP contribution is 2.44. The number of ether oxygens (including phenoxy) is 5. The summed E-state index contributed by atoms with van der Waals surface area (Å²) in [4.78, 5) is 0. The van der Waals surface area contributed by atoms with E-state index in [4.69, 9.17) is 32.1 Å². The minimum Gasteiger partial charge on any atom is -0.497 e. The molecule has 0 spiro atoms. The van der Waals surface area contributed by atoms with E-state index in [2.05, 4.69) is 0 Å². The van der Waals surface area contributed by atoms with Crippen LogP contribution in [0.3, 0.4) is 0 Å². The van der Waals surface area contributed by atoms with Crippen molar-refractivity contribution in [1.82, 2.24) is 0 Å². The van der Waals surface area contributed by atoms with Gasteiger partial charge in [-0.1, -0.05) is 12.1 Å². The summed E-state index contributed by atoms with van der Waals surface area (Å²) in [7, 11) is -6.21. The summed E-state index contributed by atoms with van der Waals surface area (Å²) in [6, 6.07) is 7.11. The van der Waals surface area contributed by atoms with E-state index < -0.39 is 63.3 Å². The Morgan fingerprint density at radius 1 is 0.906 bits per heavy atom. The van der Waals surface area contributed by atoms with Crippen molar-refractivity contribution in [2.75, 3.05) is 32.8 Å². The second-order valence-corrected chi connectivity index (χ2v) is 11.5. The van der Waals surface area contributed by atoms with Crippen molar-refractivity contribution in [1.29, 1.82) is 0 Å². The van der Waals surface area contributed by atoms with Crippen molar-refractivity contribution >= 4 is 20.2 Å². The minimum atomic E-state index is -3.88. The highest BCUT2D eigenvalue weighted by Gasteiger charge is 2.63. The first-order chi connectivity index (χ1) is 14.7. The summed E-state index contributed by atoms with van der Waals surface area (Å²) in [5.74, 6) is -0.316. The number of hydrogen-bond acceptors (Lipinski definition) is 11. The van der Waals surface area contributed by atoms with Crippen LogP contribution in [0.15, 0.2) is 24.3 Å². The lowest BCUT2D eigenvalue weighted by Gasteiger charge is -2.35. The van der Waals surface area contributed by atoms with E-state index in [1.54, 1.807) is 45.2 Å². The SMILES string of the molecule is COc1ccc(CO[C@H]2[C@H]3OC(C)(C)O[C@H]3OC2(COS(C)(=O)=O)COS(C)(=O)=O)cc1. The number of rotatable bonds is 10. The van der Waals surface area contributed by atoms with E-state index in [0.717, 1.165) is 18.1 Å². The van der Waals surface area contributed by atoms with Gasteiger partial charge in [0.1, 0.15) is 36.8 Å². The first-order valence-electron chi connectivity index (χ1n) is 9.69. The Bertz CT molecular complexity index is 966. The molecule has 0 bridgehead atoms. The molecule has 182 valence electrons. The molecule has 2 aliphatic heterocycles. The van der Waals surface area contributed by atoms with Crippen LogP contribution in [0.4, 0.5) is 0 Å². The highest BCUT2D eigenvalue weighted by atomic mass is 32.2. The quantitative estimate of drug-likeness (QED) is 0.426. The average molecular weight is 497 g/mol. The number of methoxy groups -OCH3 is 1. The summed E-state index contributed by atoms with van der Waals surface area (Å²) in [6.07, 6.45) is -0.958. The molecule has 0 unspecified atom stereocenters. The van der Waals surface area contributed by atoms with E-state index in [0.29, 0.717) is 5.75 Å². The molecule has 0 aliphatic carbocycles. The van der Waals surface area contributed by atoms with Crippen LogP contribution < -0.4 is 4.74 Å². The molecule has 1 aromatic carbocycles. The van der Waals surface area contributed by atoms with Gasteiger partial charge in [-0.25, -0.2) is 0 Å². The maximum absolute atomic E-state index is 11.7. The molecule has 0 radical (unpaired) electrons. The maximum Gasteiger partial charge on any atom is 0.264 e. The fourth-order valence-electron chi connectivity index (χ4n) is 3.49. The van der Waals surface area contributed by atoms with Crippen LogP contribution in [0.25, 0.3) is 0 Å². The van der Waals surface area contributed by atoms with Gasteiger partial charge < -0.3 is 23.7 Å². The van der Waals surface area contributed by atoms with Crippen molar-refractivity contribution in [3.8, 4) is 5.75 Å². The van der Waals surface area contributed by atoms with Gasteiger partial charge in [0.25, 0.3) is 20.2 Å². The van der Waals surface area contributed by atoms with Crippen LogP contribution in [0.1, 0.15) is 19.4 Å². The summed E-state index contributed by atoms with van der Waals surface area (Å²) in [6.45, 7) is 2.35. The van der Waals surface area contributed by atoms with Gasteiger partial charge in [-0.05, 0) is 31.5 Å². The smallest absolute Gasteiger partial charge is 0.264 e. The zero-order valence-corrected chi connectivity index (χ0v) is 20.1. The zero-order chi connectivity index (χ0) is 23.8. The Morgan fingerprint density at radius 2 is 1.47 bits per heavy atom. The zero-order valence-electron chi connectivity index (χ0n) is 18.5. The van der Waals surface area contributed by atoms with Crippen molar-refractivity contribution in [2.45, 2.75) is 50.3 Å². The number of benzene rings is 1. The summed E-state index contributed by atoms with van der Waals surface area (Å²) < 4.78 is 85.5. The van der Waals surface area contributed by atoms with Gasteiger partial charge in [0.15, 0.2) is 12.1 Å². The van der Waals surface area contributed by atoms with E-state index in [-0.39, 0.29) is 6.61 Å². The molecule has 13 heteroatoms. The van der Waals surface area contributed by atoms with Gasteiger partial charge in [-0.2, -0.15) is 16.8 Å². The Kier molecular flexibility index (Phi) is 7.23. The van der Waals surface area contributed by atoms with Gasteiger partial charge in [-0.15, -0.1) is 0 Å². The lowest BCUT2D eigenvalue weighted by molar-refractivity contribution is -0.254. The maximum atomic E-state index is 11.7.